The number of amides is 2. The van der Waals surface area contributed by atoms with Gasteiger partial charge in [0.05, 0.1) is 18.6 Å². The first-order valence-electron chi connectivity index (χ1n) is 8.67. The van der Waals surface area contributed by atoms with Crippen molar-refractivity contribution in [3.05, 3.63) is 18.2 Å². The van der Waals surface area contributed by atoms with Gasteiger partial charge in [0.15, 0.2) is 0 Å². The van der Waals surface area contributed by atoms with Crippen LogP contribution < -0.4 is 19.7 Å². The van der Waals surface area contributed by atoms with Crippen molar-refractivity contribution >= 4 is 33.2 Å². The zero-order chi connectivity index (χ0) is 20.0. The Morgan fingerprint density at radius 3 is 2.59 bits per heavy atom. The Labute approximate surface area is 159 Å². The number of anilines is 2. The van der Waals surface area contributed by atoms with Gasteiger partial charge in [0.25, 0.3) is 0 Å². The summed E-state index contributed by atoms with van der Waals surface area (Å²) in [6, 6.07) is 4.62. The van der Waals surface area contributed by atoms with E-state index in [1.54, 1.807) is 12.1 Å². The number of carbonyl (C=O) groups is 2. The van der Waals surface area contributed by atoms with Crippen molar-refractivity contribution in [3.8, 4) is 5.75 Å². The number of benzene rings is 1. The highest BCUT2D eigenvalue weighted by atomic mass is 32.2. The van der Waals surface area contributed by atoms with Gasteiger partial charge in [0.2, 0.25) is 10.0 Å². The van der Waals surface area contributed by atoms with E-state index in [-0.39, 0.29) is 5.75 Å². The highest BCUT2D eigenvalue weighted by Crippen LogP contribution is 2.34. The van der Waals surface area contributed by atoms with E-state index in [1.807, 2.05) is 19.0 Å². The summed E-state index contributed by atoms with van der Waals surface area (Å²) in [4.78, 5) is 25.7. The SMILES string of the molecule is COc1cc(NC(=O)C(=O)NCCN(C)C)ccc1N1CCCCS1(=O)=O. The smallest absolute Gasteiger partial charge is 0.313 e. The number of hydrogen-bond donors (Lipinski definition) is 2. The van der Waals surface area contributed by atoms with Gasteiger partial charge in [0, 0.05) is 31.4 Å². The maximum Gasteiger partial charge on any atom is 0.313 e. The minimum atomic E-state index is -3.38. The number of likely N-dealkylation sites (N-methyl/N-ethyl adjacent to an activating group) is 1. The first kappa shape index (κ1) is 21.0. The van der Waals surface area contributed by atoms with Crippen molar-refractivity contribution in [2.24, 2.45) is 0 Å². The molecule has 0 spiro atoms. The lowest BCUT2D eigenvalue weighted by molar-refractivity contribution is -0.136. The van der Waals surface area contributed by atoms with Gasteiger partial charge >= 0.3 is 11.8 Å². The quantitative estimate of drug-likeness (QED) is 0.665. The standard InChI is InChI=1S/C17H26N4O5S/c1-20(2)10-8-18-16(22)17(23)19-13-6-7-14(15(12-13)26-3)21-9-4-5-11-27(21,24)25/h6-7,12H,4-5,8-11H2,1-3H3,(H,18,22)(H,19,23). The molecule has 2 N–H and O–H groups in total. The number of nitrogens with zero attached hydrogens (tertiary/aromatic N) is 2. The number of nitrogens with one attached hydrogen (secondary N) is 2. The third-order valence-corrected chi connectivity index (χ3v) is 5.96. The molecule has 1 heterocycles. The van der Waals surface area contributed by atoms with Gasteiger partial charge in [0.1, 0.15) is 5.75 Å². The van der Waals surface area contributed by atoms with Gasteiger partial charge in [-0.2, -0.15) is 0 Å². The van der Waals surface area contributed by atoms with Crippen LogP contribution in [0, 0.1) is 0 Å². The average molecular weight is 398 g/mol. The number of rotatable bonds is 6. The molecule has 0 bridgehead atoms. The molecule has 0 radical (unpaired) electrons. The van der Waals surface area contributed by atoms with E-state index in [0.717, 1.165) is 6.42 Å². The molecule has 1 fully saturated rings. The summed E-state index contributed by atoms with van der Waals surface area (Å²) >= 11 is 0. The fourth-order valence-electron chi connectivity index (χ4n) is 2.68. The van der Waals surface area contributed by atoms with Crippen LogP contribution in [0.5, 0.6) is 5.75 Å². The van der Waals surface area contributed by atoms with Crippen LogP contribution in [0.1, 0.15) is 12.8 Å². The molecule has 1 aliphatic heterocycles. The summed E-state index contributed by atoms with van der Waals surface area (Å²) in [6.45, 7) is 1.36. The second-order valence-electron chi connectivity index (χ2n) is 6.50. The molecule has 2 amide bonds. The molecule has 0 atom stereocenters. The summed E-state index contributed by atoms with van der Waals surface area (Å²) in [5, 5.41) is 5.02. The molecular weight excluding hydrogens is 372 g/mol. The normalized spacial score (nSPS) is 16.1. The Morgan fingerprint density at radius 2 is 1.96 bits per heavy atom. The molecule has 1 aromatic rings. The molecule has 0 saturated carbocycles. The average Bonchev–Trinajstić information content (AvgIpc) is 2.61. The highest BCUT2D eigenvalue weighted by Gasteiger charge is 2.28. The molecule has 2 rings (SSSR count). The Morgan fingerprint density at radius 1 is 1.22 bits per heavy atom. The van der Waals surface area contributed by atoms with Gasteiger partial charge in [-0.3, -0.25) is 13.9 Å². The van der Waals surface area contributed by atoms with Gasteiger partial charge in [-0.15, -0.1) is 0 Å². The minimum absolute atomic E-state index is 0.0990. The van der Waals surface area contributed by atoms with Crippen LogP contribution >= 0.6 is 0 Å². The van der Waals surface area contributed by atoms with Crippen LogP contribution in [-0.4, -0.2) is 71.7 Å². The lowest BCUT2D eigenvalue weighted by Crippen LogP contribution is -2.39. The van der Waals surface area contributed by atoms with Crippen molar-refractivity contribution < 1.29 is 22.7 Å². The number of ether oxygens (including phenoxy) is 1. The number of methoxy groups -OCH3 is 1. The van der Waals surface area contributed by atoms with Crippen LogP contribution in [-0.2, 0) is 19.6 Å². The number of hydrogen-bond acceptors (Lipinski definition) is 6. The topological polar surface area (TPSA) is 108 Å². The number of carbonyl (C=O) groups excluding carboxylic acids is 2. The van der Waals surface area contributed by atoms with Gasteiger partial charge in [-0.1, -0.05) is 0 Å². The fraction of sp³-hybridized carbons (Fsp3) is 0.529. The lowest BCUT2D eigenvalue weighted by atomic mass is 10.2. The molecule has 9 nitrogen and oxygen atoms in total. The first-order chi connectivity index (χ1) is 12.7. The Kier molecular flexibility index (Phi) is 7.03. The summed E-state index contributed by atoms with van der Waals surface area (Å²) in [5.41, 5.74) is 0.767. The van der Waals surface area contributed by atoms with E-state index < -0.39 is 21.8 Å². The van der Waals surface area contributed by atoms with Crippen LogP contribution in [0.4, 0.5) is 11.4 Å². The van der Waals surface area contributed by atoms with Gasteiger partial charge in [-0.25, -0.2) is 8.42 Å². The zero-order valence-electron chi connectivity index (χ0n) is 15.8. The van der Waals surface area contributed by atoms with E-state index in [2.05, 4.69) is 10.6 Å². The highest BCUT2D eigenvalue weighted by molar-refractivity contribution is 7.92. The van der Waals surface area contributed by atoms with Gasteiger partial charge < -0.3 is 20.3 Å². The van der Waals surface area contributed by atoms with E-state index >= 15 is 0 Å². The summed E-state index contributed by atoms with van der Waals surface area (Å²) < 4.78 is 31.2. The second-order valence-corrected chi connectivity index (χ2v) is 8.51. The van der Waals surface area contributed by atoms with E-state index in [0.29, 0.717) is 43.2 Å². The zero-order valence-corrected chi connectivity index (χ0v) is 16.6. The molecule has 1 saturated heterocycles. The summed E-state index contributed by atoms with van der Waals surface area (Å²) in [7, 11) is 1.77. The third kappa shape index (κ3) is 5.57. The van der Waals surface area contributed by atoms with Crippen LogP contribution in [0.2, 0.25) is 0 Å². The van der Waals surface area contributed by atoms with Crippen molar-refractivity contribution in [1.29, 1.82) is 0 Å². The number of sulfonamides is 1. The molecule has 0 unspecified atom stereocenters. The predicted molar refractivity (Wildman–Crippen MR) is 104 cm³/mol. The molecule has 27 heavy (non-hydrogen) atoms. The van der Waals surface area contributed by atoms with E-state index in [1.165, 1.54) is 17.5 Å². The van der Waals surface area contributed by atoms with Crippen molar-refractivity contribution in [1.82, 2.24) is 10.2 Å². The maximum absolute atomic E-state index is 12.3. The first-order valence-corrected chi connectivity index (χ1v) is 10.3. The summed E-state index contributed by atoms with van der Waals surface area (Å²) in [5.74, 6) is -1.12. The largest absolute Gasteiger partial charge is 0.494 e. The van der Waals surface area contributed by atoms with Crippen molar-refractivity contribution in [2.45, 2.75) is 12.8 Å². The minimum Gasteiger partial charge on any atom is -0.494 e. The molecule has 10 heteroatoms. The molecule has 0 aliphatic carbocycles. The van der Waals surface area contributed by atoms with Crippen LogP contribution in [0.15, 0.2) is 18.2 Å². The van der Waals surface area contributed by atoms with E-state index in [4.69, 9.17) is 4.74 Å². The molecular formula is C17H26N4O5S. The van der Waals surface area contributed by atoms with Crippen molar-refractivity contribution in [3.63, 3.8) is 0 Å². The molecule has 150 valence electrons. The lowest BCUT2D eigenvalue weighted by Gasteiger charge is -2.29. The fourth-order valence-corrected chi connectivity index (χ4v) is 4.33. The monoisotopic (exact) mass is 398 g/mol. The third-order valence-electron chi connectivity index (χ3n) is 4.11. The summed E-state index contributed by atoms with van der Waals surface area (Å²) in [6.07, 6.45) is 1.41. The maximum atomic E-state index is 12.3. The predicted octanol–water partition coefficient (Wildman–Crippen LogP) is 0.242. The molecule has 1 aliphatic rings. The Balaban J connectivity index is 2.09. The van der Waals surface area contributed by atoms with Gasteiger partial charge in [-0.05, 0) is 39.1 Å². The second kappa shape index (κ2) is 9.05. The Bertz CT molecular complexity index is 795. The van der Waals surface area contributed by atoms with Crippen LogP contribution in [0.3, 0.4) is 0 Å². The van der Waals surface area contributed by atoms with Crippen molar-refractivity contribution in [2.75, 3.05) is 56.2 Å². The molecule has 0 aromatic heterocycles. The molecule has 1 aromatic carbocycles. The van der Waals surface area contributed by atoms with Crippen LogP contribution in [0.25, 0.3) is 0 Å². The Hall–Kier alpha value is -2.33. The van der Waals surface area contributed by atoms with E-state index in [9.17, 15) is 18.0 Å².